The van der Waals surface area contributed by atoms with Gasteiger partial charge in [-0.05, 0) is 35.9 Å². The fourth-order valence-electron chi connectivity index (χ4n) is 3.54. The van der Waals surface area contributed by atoms with Crippen LogP contribution in [0.1, 0.15) is 5.56 Å². The molecule has 30 heavy (non-hydrogen) atoms. The van der Waals surface area contributed by atoms with E-state index in [9.17, 15) is 4.79 Å². The van der Waals surface area contributed by atoms with Crippen LogP contribution >= 0.6 is 0 Å². The zero-order valence-corrected chi connectivity index (χ0v) is 16.1. The van der Waals surface area contributed by atoms with Crippen LogP contribution in [-0.2, 0) is 11.2 Å². The van der Waals surface area contributed by atoms with Gasteiger partial charge in [0.25, 0.3) is 0 Å². The predicted octanol–water partition coefficient (Wildman–Crippen LogP) is 5.04. The number of pyridine rings is 2. The smallest absolute Gasteiger partial charge is 0.228 e. The highest BCUT2D eigenvalue weighted by Crippen LogP contribution is 2.24. The number of aromatic amines is 1. The summed E-state index contributed by atoms with van der Waals surface area (Å²) in [5.41, 5.74) is 4.43. The molecule has 3 N–H and O–H groups in total. The van der Waals surface area contributed by atoms with Gasteiger partial charge >= 0.3 is 0 Å². The Morgan fingerprint density at radius 3 is 2.73 bits per heavy atom. The van der Waals surface area contributed by atoms with Gasteiger partial charge in [0.15, 0.2) is 0 Å². The number of anilines is 3. The Bertz CT molecular complexity index is 1340. The fourth-order valence-corrected chi connectivity index (χ4v) is 3.54. The van der Waals surface area contributed by atoms with Crippen LogP contribution in [0.3, 0.4) is 0 Å². The van der Waals surface area contributed by atoms with Gasteiger partial charge in [-0.15, -0.1) is 0 Å². The highest BCUT2D eigenvalue weighted by molar-refractivity contribution is 5.96. The van der Waals surface area contributed by atoms with Crippen molar-refractivity contribution < 1.29 is 4.79 Å². The first-order chi connectivity index (χ1) is 14.8. The minimum atomic E-state index is -0.0829. The van der Waals surface area contributed by atoms with E-state index >= 15 is 0 Å². The lowest BCUT2D eigenvalue weighted by Gasteiger charge is -2.09. The largest absolute Gasteiger partial charge is 0.361 e. The van der Waals surface area contributed by atoms with Crippen LogP contribution in [0.2, 0.25) is 0 Å². The molecule has 0 saturated carbocycles. The fraction of sp³-hybridized carbons (Fsp3) is 0.0417. The van der Waals surface area contributed by atoms with E-state index < -0.39 is 0 Å². The molecule has 0 radical (unpaired) electrons. The number of carbonyl (C=O) groups excluding carboxylic acids is 1. The Hall–Kier alpha value is -4.19. The van der Waals surface area contributed by atoms with E-state index in [1.165, 1.54) is 0 Å². The van der Waals surface area contributed by atoms with E-state index in [2.05, 4.69) is 25.6 Å². The molecule has 3 heterocycles. The Kier molecular flexibility index (Phi) is 4.57. The van der Waals surface area contributed by atoms with Crippen molar-refractivity contribution in [2.75, 3.05) is 10.6 Å². The molecule has 3 aromatic heterocycles. The topological polar surface area (TPSA) is 82.7 Å². The van der Waals surface area contributed by atoms with Crippen molar-refractivity contribution in [1.82, 2.24) is 15.0 Å². The summed E-state index contributed by atoms with van der Waals surface area (Å²) < 4.78 is 0. The van der Waals surface area contributed by atoms with Gasteiger partial charge in [0, 0.05) is 28.7 Å². The first-order valence-corrected chi connectivity index (χ1v) is 9.68. The van der Waals surface area contributed by atoms with Gasteiger partial charge in [-0.3, -0.25) is 9.78 Å². The Labute approximate surface area is 173 Å². The molecule has 0 spiro atoms. The number of nitrogens with one attached hydrogen (secondary N) is 3. The molecule has 0 unspecified atom stereocenters. The number of benzene rings is 2. The van der Waals surface area contributed by atoms with Crippen molar-refractivity contribution in [3.63, 3.8) is 0 Å². The molecule has 1 amide bonds. The number of aromatic nitrogens is 3. The number of hydrogen-bond donors (Lipinski definition) is 3. The second kappa shape index (κ2) is 7.67. The summed E-state index contributed by atoms with van der Waals surface area (Å²) >= 11 is 0. The highest BCUT2D eigenvalue weighted by Gasteiger charge is 2.09. The second-order valence-electron chi connectivity index (χ2n) is 7.02. The molecule has 5 rings (SSSR count). The maximum Gasteiger partial charge on any atom is 0.228 e. The van der Waals surface area contributed by atoms with Crippen LogP contribution in [0.5, 0.6) is 0 Å². The van der Waals surface area contributed by atoms with Crippen molar-refractivity contribution in [3.8, 4) is 0 Å². The van der Waals surface area contributed by atoms with Crippen molar-refractivity contribution >= 4 is 44.9 Å². The van der Waals surface area contributed by atoms with Crippen molar-refractivity contribution in [2.24, 2.45) is 0 Å². The Morgan fingerprint density at radius 1 is 0.933 bits per heavy atom. The van der Waals surface area contributed by atoms with Gasteiger partial charge in [-0.1, -0.05) is 36.4 Å². The van der Waals surface area contributed by atoms with Crippen LogP contribution in [-0.4, -0.2) is 20.9 Å². The van der Waals surface area contributed by atoms with Crippen molar-refractivity contribution in [3.05, 3.63) is 90.9 Å². The lowest BCUT2D eigenvalue weighted by molar-refractivity contribution is -0.115. The SMILES string of the molecule is O=C(Cc1c[nH]c2ccccc12)Nc1ccc(Nc2cccc3cccnc23)nc1. The van der Waals surface area contributed by atoms with Crippen LogP contribution in [0.15, 0.2) is 85.3 Å². The first-order valence-electron chi connectivity index (χ1n) is 9.68. The first kappa shape index (κ1) is 17.9. The Balaban J connectivity index is 1.27. The molecule has 2 aromatic carbocycles. The van der Waals surface area contributed by atoms with E-state index in [-0.39, 0.29) is 5.91 Å². The number of carbonyl (C=O) groups is 1. The standard InChI is InChI=1S/C24H19N5O/c30-23(13-17-14-26-20-8-2-1-7-19(17)20)28-18-10-11-22(27-15-18)29-21-9-3-5-16-6-4-12-25-24(16)21/h1-12,14-15,26H,13H2,(H,27,29)(H,28,30). The monoisotopic (exact) mass is 393 g/mol. The average Bonchev–Trinajstić information content (AvgIpc) is 3.18. The summed E-state index contributed by atoms with van der Waals surface area (Å²) in [7, 11) is 0. The van der Waals surface area contributed by atoms with E-state index in [4.69, 9.17) is 0 Å². The van der Waals surface area contributed by atoms with Crippen LogP contribution in [0.4, 0.5) is 17.2 Å². The molecule has 0 saturated heterocycles. The maximum absolute atomic E-state index is 12.5. The quantitative estimate of drug-likeness (QED) is 0.391. The summed E-state index contributed by atoms with van der Waals surface area (Å²) in [4.78, 5) is 24.5. The minimum Gasteiger partial charge on any atom is -0.361 e. The average molecular weight is 393 g/mol. The number of amides is 1. The molecular formula is C24H19N5O. The summed E-state index contributed by atoms with van der Waals surface area (Å²) in [6.45, 7) is 0. The number of rotatable bonds is 5. The zero-order valence-electron chi connectivity index (χ0n) is 16.1. The zero-order chi connectivity index (χ0) is 20.3. The lowest BCUT2D eigenvalue weighted by Crippen LogP contribution is -2.14. The maximum atomic E-state index is 12.5. The molecular weight excluding hydrogens is 374 g/mol. The van der Waals surface area contributed by atoms with Crippen molar-refractivity contribution in [1.29, 1.82) is 0 Å². The normalized spacial score (nSPS) is 10.9. The van der Waals surface area contributed by atoms with Gasteiger partial charge in [0.05, 0.1) is 29.5 Å². The second-order valence-corrected chi connectivity index (χ2v) is 7.02. The summed E-state index contributed by atoms with van der Waals surface area (Å²) in [6.07, 6.45) is 5.60. The summed E-state index contributed by atoms with van der Waals surface area (Å²) in [5, 5.41) is 8.33. The molecule has 0 aliphatic carbocycles. The van der Waals surface area contributed by atoms with Gasteiger partial charge in [0.2, 0.25) is 5.91 Å². The lowest BCUT2D eigenvalue weighted by atomic mass is 10.1. The van der Waals surface area contributed by atoms with E-state index in [0.717, 1.165) is 33.1 Å². The van der Waals surface area contributed by atoms with E-state index in [1.807, 2.05) is 72.9 Å². The molecule has 6 nitrogen and oxygen atoms in total. The molecule has 146 valence electrons. The molecule has 6 heteroatoms. The van der Waals surface area contributed by atoms with Gasteiger partial charge in [0.1, 0.15) is 5.82 Å². The molecule has 0 aliphatic rings. The number of H-pyrrole nitrogens is 1. The van der Waals surface area contributed by atoms with Crippen molar-refractivity contribution in [2.45, 2.75) is 6.42 Å². The van der Waals surface area contributed by atoms with Gasteiger partial charge in [-0.25, -0.2) is 4.98 Å². The third-order valence-electron chi connectivity index (χ3n) is 4.97. The molecule has 0 aliphatic heterocycles. The molecule has 0 atom stereocenters. The number of para-hydroxylation sites is 2. The Morgan fingerprint density at radius 2 is 1.83 bits per heavy atom. The number of fused-ring (bicyclic) bond motifs is 2. The summed E-state index contributed by atoms with van der Waals surface area (Å²) in [5.74, 6) is 0.600. The summed E-state index contributed by atoms with van der Waals surface area (Å²) in [6, 6.07) is 21.5. The third kappa shape index (κ3) is 3.58. The number of hydrogen-bond acceptors (Lipinski definition) is 4. The van der Waals surface area contributed by atoms with Crippen LogP contribution < -0.4 is 10.6 Å². The van der Waals surface area contributed by atoms with E-state index in [1.54, 1.807) is 12.4 Å². The number of nitrogens with zero attached hydrogens (tertiary/aromatic N) is 2. The van der Waals surface area contributed by atoms with E-state index in [0.29, 0.717) is 17.9 Å². The third-order valence-corrected chi connectivity index (χ3v) is 4.97. The van der Waals surface area contributed by atoms with Gasteiger partial charge in [-0.2, -0.15) is 0 Å². The van der Waals surface area contributed by atoms with Crippen LogP contribution in [0.25, 0.3) is 21.8 Å². The van der Waals surface area contributed by atoms with Gasteiger partial charge < -0.3 is 15.6 Å². The molecule has 0 bridgehead atoms. The minimum absolute atomic E-state index is 0.0829. The molecule has 0 fully saturated rings. The molecule has 5 aromatic rings. The highest BCUT2D eigenvalue weighted by atomic mass is 16.1. The van der Waals surface area contributed by atoms with Crippen LogP contribution in [0, 0.1) is 0 Å². The predicted molar refractivity (Wildman–Crippen MR) is 120 cm³/mol.